The van der Waals surface area contributed by atoms with Crippen LogP contribution in [0.15, 0.2) is 30.3 Å². The molecule has 9 nitrogen and oxygen atoms in total. The number of rotatable bonds is 12. The molecule has 166 valence electrons. The van der Waals surface area contributed by atoms with E-state index in [2.05, 4.69) is 5.32 Å². The Balaban J connectivity index is 2.55. The standard InChI is InChI=1S/C20H31N5O4S/c1-24(18(27)13-25(2)20(29)15(21)9-10-30-3)12-17(26)23-16(19(22)28)11-14-7-5-4-6-8-14/h4-8,15-16H,9-13,21H2,1-3H3,(H2,22,28)(H,23,26)/t15-,16+/m0/s1. The number of thioether (sulfide) groups is 1. The highest BCUT2D eigenvalue weighted by molar-refractivity contribution is 7.98. The van der Waals surface area contributed by atoms with Crippen LogP contribution in [0.4, 0.5) is 0 Å². The summed E-state index contributed by atoms with van der Waals surface area (Å²) in [6.07, 6.45) is 2.70. The first-order chi connectivity index (χ1) is 14.1. The second-order valence-corrected chi connectivity index (χ2v) is 8.03. The van der Waals surface area contributed by atoms with Gasteiger partial charge in [0, 0.05) is 20.5 Å². The molecule has 0 fully saturated rings. The minimum Gasteiger partial charge on any atom is -0.368 e. The Hall–Kier alpha value is -2.59. The average molecular weight is 438 g/mol. The summed E-state index contributed by atoms with van der Waals surface area (Å²) in [5.41, 5.74) is 12.1. The van der Waals surface area contributed by atoms with Crippen LogP contribution >= 0.6 is 11.8 Å². The molecule has 0 radical (unpaired) electrons. The molecule has 0 aromatic heterocycles. The molecule has 0 saturated heterocycles. The first-order valence-corrected chi connectivity index (χ1v) is 10.9. The zero-order chi connectivity index (χ0) is 22.7. The van der Waals surface area contributed by atoms with E-state index in [4.69, 9.17) is 11.5 Å². The monoisotopic (exact) mass is 437 g/mol. The highest BCUT2D eigenvalue weighted by Gasteiger charge is 2.23. The van der Waals surface area contributed by atoms with Crippen molar-refractivity contribution in [1.29, 1.82) is 0 Å². The summed E-state index contributed by atoms with van der Waals surface area (Å²) in [5, 5.41) is 2.56. The largest absolute Gasteiger partial charge is 0.368 e. The number of hydrogen-bond donors (Lipinski definition) is 3. The van der Waals surface area contributed by atoms with Gasteiger partial charge in [0.15, 0.2) is 0 Å². The molecular weight excluding hydrogens is 406 g/mol. The van der Waals surface area contributed by atoms with Crippen molar-refractivity contribution < 1.29 is 19.2 Å². The smallest absolute Gasteiger partial charge is 0.242 e. The Morgan fingerprint density at radius 1 is 1.07 bits per heavy atom. The molecule has 5 N–H and O–H groups in total. The Bertz CT molecular complexity index is 731. The lowest BCUT2D eigenvalue weighted by Gasteiger charge is -2.24. The predicted octanol–water partition coefficient (Wildman–Crippen LogP) is -0.804. The number of nitrogens with one attached hydrogen (secondary N) is 1. The van der Waals surface area contributed by atoms with Gasteiger partial charge in [-0.3, -0.25) is 19.2 Å². The van der Waals surface area contributed by atoms with Gasteiger partial charge in [-0.1, -0.05) is 30.3 Å². The van der Waals surface area contributed by atoms with Gasteiger partial charge in [-0.2, -0.15) is 11.8 Å². The maximum Gasteiger partial charge on any atom is 0.242 e. The van der Waals surface area contributed by atoms with Crippen LogP contribution in [0.1, 0.15) is 12.0 Å². The van der Waals surface area contributed by atoms with Crippen LogP contribution < -0.4 is 16.8 Å². The molecule has 1 aromatic rings. The third-order valence-electron chi connectivity index (χ3n) is 4.47. The summed E-state index contributed by atoms with van der Waals surface area (Å²) >= 11 is 1.59. The van der Waals surface area contributed by atoms with Crippen LogP contribution in [0, 0.1) is 0 Å². The quantitative estimate of drug-likeness (QED) is 0.391. The molecular formula is C20H31N5O4S. The summed E-state index contributed by atoms with van der Waals surface area (Å²) in [5.74, 6) is -1.18. The van der Waals surface area contributed by atoms with E-state index in [1.807, 2.05) is 36.6 Å². The molecule has 0 aliphatic heterocycles. The van der Waals surface area contributed by atoms with Crippen LogP contribution in [-0.2, 0) is 25.6 Å². The number of primary amides is 1. The fraction of sp³-hybridized carbons (Fsp3) is 0.500. The maximum atomic E-state index is 12.4. The Morgan fingerprint density at radius 3 is 2.27 bits per heavy atom. The summed E-state index contributed by atoms with van der Waals surface area (Å²) in [7, 11) is 2.94. The summed E-state index contributed by atoms with van der Waals surface area (Å²) in [4.78, 5) is 51.0. The second-order valence-electron chi connectivity index (χ2n) is 7.04. The predicted molar refractivity (Wildman–Crippen MR) is 118 cm³/mol. The lowest BCUT2D eigenvalue weighted by atomic mass is 10.1. The highest BCUT2D eigenvalue weighted by atomic mass is 32.2. The normalized spacial score (nSPS) is 12.5. The number of carbonyl (C=O) groups excluding carboxylic acids is 4. The first-order valence-electron chi connectivity index (χ1n) is 9.51. The van der Waals surface area contributed by atoms with Crippen molar-refractivity contribution in [3.05, 3.63) is 35.9 Å². The van der Waals surface area contributed by atoms with Crippen molar-refractivity contribution in [2.24, 2.45) is 11.5 Å². The minimum absolute atomic E-state index is 0.196. The van der Waals surface area contributed by atoms with Crippen LogP contribution in [0.2, 0.25) is 0 Å². The number of likely N-dealkylation sites (N-methyl/N-ethyl adjacent to an activating group) is 2. The molecule has 0 aliphatic carbocycles. The zero-order valence-corrected chi connectivity index (χ0v) is 18.5. The van der Waals surface area contributed by atoms with E-state index in [0.717, 1.165) is 11.3 Å². The molecule has 30 heavy (non-hydrogen) atoms. The van der Waals surface area contributed by atoms with Crippen LogP contribution in [0.5, 0.6) is 0 Å². The zero-order valence-electron chi connectivity index (χ0n) is 17.7. The third-order valence-corrected chi connectivity index (χ3v) is 5.11. The molecule has 1 aromatic carbocycles. The van der Waals surface area contributed by atoms with Gasteiger partial charge < -0.3 is 26.6 Å². The fourth-order valence-corrected chi connectivity index (χ4v) is 3.16. The van der Waals surface area contributed by atoms with Crippen molar-refractivity contribution >= 4 is 35.4 Å². The first kappa shape index (κ1) is 25.4. The van der Waals surface area contributed by atoms with E-state index in [0.29, 0.717) is 6.42 Å². The Labute approximate surface area is 181 Å². The van der Waals surface area contributed by atoms with Gasteiger partial charge >= 0.3 is 0 Å². The molecule has 0 aliphatic rings. The van der Waals surface area contributed by atoms with Crippen molar-refractivity contribution in [3.63, 3.8) is 0 Å². The Kier molecular flexibility index (Phi) is 10.9. The van der Waals surface area contributed by atoms with E-state index in [1.165, 1.54) is 23.9 Å². The fourth-order valence-electron chi connectivity index (χ4n) is 2.67. The molecule has 4 amide bonds. The topological polar surface area (TPSA) is 139 Å². The lowest BCUT2D eigenvalue weighted by molar-refractivity contribution is -0.141. The van der Waals surface area contributed by atoms with Crippen molar-refractivity contribution in [1.82, 2.24) is 15.1 Å². The van der Waals surface area contributed by atoms with Crippen molar-refractivity contribution in [3.8, 4) is 0 Å². The van der Waals surface area contributed by atoms with E-state index in [9.17, 15) is 19.2 Å². The lowest BCUT2D eigenvalue weighted by Crippen LogP contribution is -2.51. The number of amides is 4. The van der Waals surface area contributed by atoms with E-state index in [-0.39, 0.29) is 25.4 Å². The van der Waals surface area contributed by atoms with Gasteiger partial charge in [-0.15, -0.1) is 0 Å². The molecule has 0 spiro atoms. The minimum atomic E-state index is -0.887. The van der Waals surface area contributed by atoms with Gasteiger partial charge in [0.05, 0.1) is 19.1 Å². The van der Waals surface area contributed by atoms with E-state index >= 15 is 0 Å². The average Bonchev–Trinajstić information content (AvgIpc) is 2.71. The van der Waals surface area contributed by atoms with Gasteiger partial charge in [0.2, 0.25) is 23.6 Å². The number of carbonyl (C=O) groups is 4. The van der Waals surface area contributed by atoms with Gasteiger partial charge in [0.25, 0.3) is 0 Å². The summed E-state index contributed by atoms with van der Waals surface area (Å²) in [6, 6.07) is 7.60. The van der Waals surface area contributed by atoms with Crippen LogP contribution in [-0.4, -0.2) is 84.7 Å². The molecule has 10 heteroatoms. The van der Waals surface area contributed by atoms with Crippen LogP contribution in [0.25, 0.3) is 0 Å². The van der Waals surface area contributed by atoms with Gasteiger partial charge in [-0.05, 0) is 24.0 Å². The molecule has 0 heterocycles. The van der Waals surface area contributed by atoms with Gasteiger partial charge in [-0.25, -0.2) is 0 Å². The molecule has 0 unspecified atom stereocenters. The molecule has 0 saturated carbocycles. The number of benzene rings is 1. The van der Waals surface area contributed by atoms with E-state index in [1.54, 1.807) is 11.8 Å². The summed E-state index contributed by atoms with van der Waals surface area (Å²) < 4.78 is 0. The second kappa shape index (κ2) is 12.9. The highest BCUT2D eigenvalue weighted by Crippen LogP contribution is 2.04. The number of nitrogens with two attached hydrogens (primary N) is 2. The van der Waals surface area contributed by atoms with Crippen molar-refractivity contribution in [2.45, 2.75) is 24.9 Å². The number of hydrogen-bond acceptors (Lipinski definition) is 6. The SMILES string of the molecule is CSCC[C@H](N)C(=O)N(C)CC(=O)N(C)CC(=O)N[C@H](Cc1ccccc1)C(N)=O. The summed E-state index contributed by atoms with van der Waals surface area (Å²) in [6.45, 7) is -0.462. The van der Waals surface area contributed by atoms with E-state index < -0.39 is 29.8 Å². The molecule has 2 atom stereocenters. The molecule has 1 rings (SSSR count). The van der Waals surface area contributed by atoms with Crippen molar-refractivity contribution in [2.75, 3.05) is 39.2 Å². The maximum absolute atomic E-state index is 12.4. The molecule has 0 bridgehead atoms. The number of nitrogens with zero attached hydrogens (tertiary/aromatic N) is 2. The Morgan fingerprint density at radius 2 is 1.70 bits per heavy atom. The van der Waals surface area contributed by atoms with Crippen LogP contribution in [0.3, 0.4) is 0 Å². The van der Waals surface area contributed by atoms with Gasteiger partial charge in [0.1, 0.15) is 6.04 Å². The third kappa shape index (κ3) is 8.83.